The molecule has 1 saturated heterocycles. The van der Waals surface area contributed by atoms with Crippen molar-refractivity contribution >= 4 is 0 Å². The smallest absolute Gasteiger partial charge is 0.0248 e. The van der Waals surface area contributed by atoms with Crippen molar-refractivity contribution in [2.75, 3.05) is 26.2 Å². The van der Waals surface area contributed by atoms with Gasteiger partial charge in [-0.3, -0.25) is 9.80 Å². The van der Waals surface area contributed by atoms with Gasteiger partial charge in [-0.05, 0) is 18.4 Å². The number of nitrogens with zero attached hydrogens (tertiary/aromatic N) is 2. The SMILES string of the molecule is NC1CCCC1N1CCN(Cc2ccccc2)CC1. The Hall–Kier alpha value is -0.900. The molecule has 1 saturated carbocycles. The maximum atomic E-state index is 6.21. The Balaban J connectivity index is 1.49. The van der Waals surface area contributed by atoms with Gasteiger partial charge in [-0.1, -0.05) is 36.8 Å². The molecular weight excluding hydrogens is 234 g/mol. The summed E-state index contributed by atoms with van der Waals surface area (Å²) in [5.41, 5.74) is 7.64. The largest absolute Gasteiger partial charge is 0.326 e. The number of piperazine rings is 1. The van der Waals surface area contributed by atoms with Crippen molar-refractivity contribution in [2.45, 2.75) is 37.9 Å². The van der Waals surface area contributed by atoms with Crippen LogP contribution < -0.4 is 5.73 Å². The van der Waals surface area contributed by atoms with Crippen LogP contribution in [0.1, 0.15) is 24.8 Å². The third kappa shape index (κ3) is 3.16. The van der Waals surface area contributed by atoms with Crippen molar-refractivity contribution in [3.8, 4) is 0 Å². The molecule has 1 aromatic carbocycles. The van der Waals surface area contributed by atoms with E-state index in [1.807, 2.05) is 0 Å². The van der Waals surface area contributed by atoms with E-state index >= 15 is 0 Å². The van der Waals surface area contributed by atoms with Gasteiger partial charge in [0.2, 0.25) is 0 Å². The van der Waals surface area contributed by atoms with Crippen molar-refractivity contribution in [3.63, 3.8) is 0 Å². The number of hydrogen-bond donors (Lipinski definition) is 1. The molecule has 1 aliphatic heterocycles. The van der Waals surface area contributed by atoms with Crippen LogP contribution in [0, 0.1) is 0 Å². The number of hydrogen-bond acceptors (Lipinski definition) is 3. The predicted molar refractivity (Wildman–Crippen MR) is 78.9 cm³/mol. The van der Waals surface area contributed by atoms with Gasteiger partial charge in [-0.15, -0.1) is 0 Å². The summed E-state index contributed by atoms with van der Waals surface area (Å²) in [7, 11) is 0. The zero-order valence-corrected chi connectivity index (χ0v) is 11.7. The van der Waals surface area contributed by atoms with Crippen molar-refractivity contribution in [1.82, 2.24) is 9.80 Å². The van der Waals surface area contributed by atoms with Crippen LogP contribution in [0.2, 0.25) is 0 Å². The summed E-state index contributed by atoms with van der Waals surface area (Å²) in [6, 6.07) is 11.9. The molecule has 2 fully saturated rings. The molecular formula is C16H25N3. The molecule has 2 N–H and O–H groups in total. The molecule has 0 bridgehead atoms. The molecule has 2 atom stereocenters. The van der Waals surface area contributed by atoms with E-state index in [4.69, 9.17) is 5.73 Å². The summed E-state index contributed by atoms with van der Waals surface area (Å²) in [6.45, 7) is 5.82. The van der Waals surface area contributed by atoms with Crippen LogP contribution >= 0.6 is 0 Å². The van der Waals surface area contributed by atoms with Gasteiger partial charge in [0.15, 0.2) is 0 Å². The number of benzene rings is 1. The Bertz CT molecular complexity index is 384. The highest BCUT2D eigenvalue weighted by molar-refractivity contribution is 5.14. The Morgan fingerprint density at radius 2 is 1.74 bits per heavy atom. The molecule has 104 valence electrons. The second-order valence-corrected chi connectivity index (χ2v) is 5.96. The Labute approximate surface area is 116 Å². The summed E-state index contributed by atoms with van der Waals surface area (Å²) in [5, 5.41) is 0. The van der Waals surface area contributed by atoms with Gasteiger partial charge >= 0.3 is 0 Å². The molecule has 3 heteroatoms. The van der Waals surface area contributed by atoms with Crippen LogP contribution in [0.15, 0.2) is 30.3 Å². The zero-order valence-electron chi connectivity index (χ0n) is 11.7. The second kappa shape index (κ2) is 6.04. The zero-order chi connectivity index (χ0) is 13.1. The van der Waals surface area contributed by atoms with Gasteiger partial charge in [0, 0.05) is 44.8 Å². The summed E-state index contributed by atoms with van der Waals surface area (Å²) >= 11 is 0. The van der Waals surface area contributed by atoms with E-state index in [1.165, 1.54) is 51.0 Å². The van der Waals surface area contributed by atoms with Crippen LogP contribution in [-0.2, 0) is 6.54 Å². The lowest BCUT2D eigenvalue weighted by Gasteiger charge is -2.39. The van der Waals surface area contributed by atoms with E-state index in [0.29, 0.717) is 12.1 Å². The summed E-state index contributed by atoms with van der Waals surface area (Å²) < 4.78 is 0. The molecule has 3 rings (SSSR count). The summed E-state index contributed by atoms with van der Waals surface area (Å²) in [4.78, 5) is 5.19. The standard InChI is InChI=1S/C16H25N3/c17-15-7-4-8-16(15)19-11-9-18(10-12-19)13-14-5-2-1-3-6-14/h1-3,5-6,15-16H,4,7-13,17H2. The second-order valence-electron chi connectivity index (χ2n) is 5.96. The highest BCUT2D eigenvalue weighted by atomic mass is 15.3. The topological polar surface area (TPSA) is 32.5 Å². The van der Waals surface area contributed by atoms with Crippen LogP contribution in [0.4, 0.5) is 0 Å². The molecule has 1 heterocycles. The maximum Gasteiger partial charge on any atom is 0.0248 e. The quantitative estimate of drug-likeness (QED) is 0.896. The minimum Gasteiger partial charge on any atom is -0.326 e. The number of rotatable bonds is 3. The van der Waals surface area contributed by atoms with Gasteiger partial charge in [0.05, 0.1) is 0 Å². The first-order valence-corrected chi connectivity index (χ1v) is 7.59. The lowest BCUT2D eigenvalue weighted by atomic mass is 10.1. The third-order valence-corrected chi connectivity index (χ3v) is 4.66. The van der Waals surface area contributed by atoms with Crippen molar-refractivity contribution < 1.29 is 0 Å². The molecule has 1 aliphatic carbocycles. The maximum absolute atomic E-state index is 6.21. The lowest BCUT2D eigenvalue weighted by molar-refractivity contribution is 0.0879. The molecule has 0 amide bonds. The van der Waals surface area contributed by atoms with Gasteiger partial charge in [-0.2, -0.15) is 0 Å². The van der Waals surface area contributed by atoms with E-state index in [2.05, 4.69) is 40.1 Å². The fourth-order valence-corrected chi connectivity index (χ4v) is 3.52. The highest BCUT2D eigenvalue weighted by Gasteiger charge is 2.31. The molecule has 2 aliphatic rings. The summed E-state index contributed by atoms with van der Waals surface area (Å²) in [6.07, 6.45) is 3.84. The first kappa shape index (κ1) is 13.1. The molecule has 0 radical (unpaired) electrons. The Morgan fingerprint density at radius 3 is 2.37 bits per heavy atom. The van der Waals surface area contributed by atoms with Crippen molar-refractivity contribution in [1.29, 1.82) is 0 Å². The van der Waals surface area contributed by atoms with Gasteiger partial charge in [0.1, 0.15) is 0 Å². The summed E-state index contributed by atoms with van der Waals surface area (Å²) in [5.74, 6) is 0. The Kier molecular flexibility index (Phi) is 4.16. The van der Waals surface area contributed by atoms with Crippen LogP contribution in [0.25, 0.3) is 0 Å². The van der Waals surface area contributed by atoms with Crippen molar-refractivity contribution in [2.24, 2.45) is 5.73 Å². The Morgan fingerprint density at radius 1 is 1.00 bits per heavy atom. The molecule has 19 heavy (non-hydrogen) atoms. The van der Waals surface area contributed by atoms with Crippen LogP contribution in [0.3, 0.4) is 0 Å². The van der Waals surface area contributed by atoms with Crippen molar-refractivity contribution in [3.05, 3.63) is 35.9 Å². The van der Waals surface area contributed by atoms with E-state index < -0.39 is 0 Å². The van der Waals surface area contributed by atoms with E-state index in [0.717, 1.165) is 6.54 Å². The first-order valence-electron chi connectivity index (χ1n) is 7.59. The molecule has 0 aromatic heterocycles. The van der Waals surface area contributed by atoms with Crippen LogP contribution in [0.5, 0.6) is 0 Å². The molecule has 3 nitrogen and oxygen atoms in total. The monoisotopic (exact) mass is 259 g/mol. The molecule has 1 aromatic rings. The lowest BCUT2D eigenvalue weighted by Crippen LogP contribution is -2.53. The highest BCUT2D eigenvalue weighted by Crippen LogP contribution is 2.24. The molecule has 0 spiro atoms. The van der Waals surface area contributed by atoms with Gasteiger partial charge in [-0.25, -0.2) is 0 Å². The van der Waals surface area contributed by atoms with Gasteiger partial charge in [0.25, 0.3) is 0 Å². The fraction of sp³-hybridized carbons (Fsp3) is 0.625. The van der Waals surface area contributed by atoms with E-state index in [1.54, 1.807) is 0 Å². The average Bonchev–Trinajstić information content (AvgIpc) is 2.87. The first-order chi connectivity index (χ1) is 9.33. The third-order valence-electron chi connectivity index (χ3n) is 4.66. The normalized spacial score (nSPS) is 29.7. The fourth-order valence-electron chi connectivity index (χ4n) is 3.52. The van der Waals surface area contributed by atoms with Gasteiger partial charge < -0.3 is 5.73 Å². The average molecular weight is 259 g/mol. The minimum absolute atomic E-state index is 0.417. The van der Waals surface area contributed by atoms with E-state index in [9.17, 15) is 0 Å². The number of nitrogens with two attached hydrogens (primary N) is 1. The van der Waals surface area contributed by atoms with Crippen LogP contribution in [-0.4, -0.2) is 48.1 Å². The van der Waals surface area contributed by atoms with E-state index in [-0.39, 0.29) is 0 Å². The minimum atomic E-state index is 0.417. The molecule has 2 unspecified atom stereocenters. The predicted octanol–water partition coefficient (Wildman–Crippen LogP) is 1.68.